The maximum absolute atomic E-state index is 12.5. The van der Waals surface area contributed by atoms with E-state index in [0.29, 0.717) is 37.4 Å². The Balaban J connectivity index is 1.61. The van der Waals surface area contributed by atoms with Crippen molar-refractivity contribution in [2.75, 3.05) is 6.61 Å². The molecule has 0 bridgehead atoms. The minimum absolute atomic E-state index is 0.173. The van der Waals surface area contributed by atoms with Gasteiger partial charge in [0.25, 0.3) is 0 Å². The van der Waals surface area contributed by atoms with Gasteiger partial charge in [0.1, 0.15) is 24.3 Å². The summed E-state index contributed by atoms with van der Waals surface area (Å²) in [4.78, 5) is 12.5. The highest BCUT2D eigenvalue weighted by Gasteiger charge is 2.50. The van der Waals surface area contributed by atoms with Gasteiger partial charge in [0, 0.05) is 21.1 Å². The Labute approximate surface area is 186 Å². The predicted molar refractivity (Wildman–Crippen MR) is 123 cm³/mol. The Bertz CT molecular complexity index is 873. The summed E-state index contributed by atoms with van der Waals surface area (Å²) < 4.78 is 8.01. The lowest BCUT2D eigenvalue weighted by Crippen LogP contribution is -2.29. The number of aliphatic carboxylic acids is 1. The van der Waals surface area contributed by atoms with Crippen LogP contribution in [0, 0.1) is 17.8 Å². The summed E-state index contributed by atoms with van der Waals surface area (Å²) in [6.45, 7) is 8.00. The largest absolute Gasteiger partial charge is 0.481 e. The van der Waals surface area contributed by atoms with E-state index in [1.54, 1.807) is 0 Å². The number of hydrogen-bond acceptors (Lipinski definition) is 4. The molecule has 2 aliphatic carbocycles. The first-order valence-corrected chi connectivity index (χ1v) is 15.3. The van der Waals surface area contributed by atoms with Crippen LogP contribution in [0.25, 0.3) is 0 Å². The molecule has 7 heteroatoms. The van der Waals surface area contributed by atoms with Crippen LogP contribution in [0.1, 0.15) is 48.8 Å². The van der Waals surface area contributed by atoms with E-state index < -0.39 is 20.0 Å². The van der Waals surface area contributed by atoms with E-state index in [9.17, 15) is 9.90 Å². The van der Waals surface area contributed by atoms with Crippen LogP contribution in [0.3, 0.4) is 0 Å². The molecule has 2 aliphatic rings. The highest BCUT2D eigenvalue weighted by atomic mass is 28.3. The minimum Gasteiger partial charge on any atom is -0.481 e. The van der Waals surface area contributed by atoms with E-state index in [0.717, 1.165) is 43.1 Å². The molecular formula is C24H35N3O3Si. The van der Waals surface area contributed by atoms with E-state index in [1.165, 1.54) is 0 Å². The van der Waals surface area contributed by atoms with Crippen LogP contribution in [0.4, 0.5) is 0 Å². The molecule has 1 N–H and O–H groups in total. The Hall–Kier alpha value is -1.99. The molecule has 2 fully saturated rings. The average molecular weight is 442 g/mol. The summed E-state index contributed by atoms with van der Waals surface area (Å²) >= 11 is 0. The molecule has 168 valence electrons. The third kappa shape index (κ3) is 5.83. The van der Waals surface area contributed by atoms with Gasteiger partial charge in [-0.1, -0.05) is 50.0 Å². The first-order valence-electron chi connectivity index (χ1n) is 11.6. The van der Waals surface area contributed by atoms with Gasteiger partial charge in [-0.2, -0.15) is 0 Å². The molecule has 0 radical (unpaired) electrons. The molecule has 6 nitrogen and oxygen atoms in total. The molecule has 0 saturated heterocycles. The van der Waals surface area contributed by atoms with Gasteiger partial charge in [0.05, 0.1) is 0 Å². The fourth-order valence-corrected chi connectivity index (χ4v) is 5.26. The van der Waals surface area contributed by atoms with Crippen LogP contribution >= 0.6 is 0 Å². The van der Waals surface area contributed by atoms with Gasteiger partial charge in [-0.15, -0.1) is 10.2 Å². The third-order valence-corrected chi connectivity index (χ3v) is 8.24. The van der Waals surface area contributed by atoms with Crippen LogP contribution in [-0.2, 0) is 22.7 Å². The third-order valence-electron chi connectivity index (χ3n) is 6.54. The van der Waals surface area contributed by atoms with Gasteiger partial charge < -0.3 is 9.84 Å². The van der Waals surface area contributed by atoms with Crippen molar-refractivity contribution in [3.8, 4) is 0 Å². The number of carbonyl (C=O) groups is 1. The van der Waals surface area contributed by atoms with Crippen molar-refractivity contribution in [1.82, 2.24) is 14.8 Å². The van der Waals surface area contributed by atoms with Gasteiger partial charge in [0.15, 0.2) is 0 Å². The second-order valence-electron chi connectivity index (χ2n) is 10.5. The highest BCUT2D eigenvalue weighted by Crippen LogP contribution is 2.54. The fourth-order valence-electron chi connectivity index (χ4n) is 4.50. The molecule has 1 atom stereocenters. The number of carboxylic acids is 1. The van der Waals surface area contributed by atoms with Gasteiger partial charge >= 0.3 is 5.97 Å². The summed E-state index contributed by atoms with van der Waals surface area (Å²) in [7, 11) is -1.20. The zero-order valence-electron chi connectivity index (χ0n) is 19.0. The van der Waals surface area contributed by atoms with Crippen molar-refractivity contribution in [2.45, 2.75) is 70.4 Å². The molecule has 1 aromatic carbocycles. The molecule has 2 aromatic rings. The van der Waals surface area contributed by atoms with E-state index >= 15 is 0 Å². The van der Waals surface area contributed by atoms with Crippen molar-refractivity contribution in [3.63, 3.8) is 0 Å². The number of rotatable bonds is 12. The number of nitrogens with zero attached hydrogens (tertiary/aromatic N) is 3. The Morgan fingerprint density at radius 3 is 2.32 bits per heavy atom. The molecule has 2 saturated carbocycles. The highest BCUT2D eigenvalue weighted by molar-refractivity contribution is 6.76. The summed E-state index contributed by atoms with van der Waals surface area (Å²) in [5, 5.41) is 19.2. The molecular weight excluding hydrogens is 406 g/mol. The minimum atomic E-state index is -1.20. The normalized spacial score (nSPS) is 17.8. The van der Waals surface area contributed by atoms with Crippen molar-refractivity contribution in [3.05, 3.63) is 47.5 Å². The topological polar surface area (TPSA) is 77.2 Å². The van der Waals surface area contributed by atoms with Crippen molar-refractivity contribution in [1.29, 1.82) is 0 Å². The smallest absolute Gasteiger partial charge is 0.314 e. The summed E-state index contributed by atoms with van der Waals surface area (Å²) in [6, 6.07) is 11.2. The molecule has 1 heterocycles. The lowest BCUT2D eigenvalue weighted by molar-refractivity contribution is -0.141. The number of benzene rings is 1. The zero-order chi connectivity index (χ0) is 22.0. The van der Waals surface area contributed by atoms with Gasteiger partial charge in [-0.3, -0.25) is 9.36 Å². The zero-order valence-corrected chi connectivity index (χ0v) is 20.0. The average Bonchev–Trinajstić information content (AvgIpc) is 3.63. The van der Waals surface area contributed by atoms with E-state index in [4.69, 9.17) is 4.74 Å². The van der Waals surface area contributed by atoms with Crippen LogP contribution in [0.15, 0.2) is 30.3 Å². The van der Waals surface area contributed by atoms with Crippen LogP contribution in [0.2, 0.25) is 25.7 Å². The second kappa shape index (κ2) is 9.24. The molecule has 0 aliphatic heterocycles. The number of aromatic nitrogens is 3. The first-order chi connectivity index (χ1) is 14.8. The van der Waals surface area contributed by atoms with Gasteiger partial charge in [-0.05, 0) is 55.0 Å². The Morgan fingerprint density at radius 2 is 1.77 bits per heavy atom. The Morgan fingerprint density at radius 1 is 1.13 bits per heavy atom. The lowest BCUT2D eigenvalue weighted by Gasteiger charge is -2.24. The molecule has 1 unspecified atom stereocenters. The monoisotopic (exact) mass is 441 g/mol. The van der Waals surface area contributed by atoms with Crippen LogP contribution < -0.4 is 0 Å². The summed E-state index contributed by atoms with van der Waals surface area (Å²) in [5.74, 6) is 1.20. The summed E-state index contributed by atoms with van der Waals surface area (Å²) in [6.07, 6.45) is 5.19. The molecule has 0 spiro atoms. The molecule has 1 aromatic heterocycles. The maximum atomic E-state index is 12.5. The number of carboxylic acid groups (broad SMARTS) is 1. The predicted octanol–water partition coefficient (Wildman–Crippen LogP) is 4.79. The van der Waals surface area contributed by atoms with Gasteiger partial charge in [-0.25, -0.2) is 0 Å². The second-order valence-corrected chi connectivity index (χ2v) is 16.1. The van der Waals surface area contributed by atoms with Crippen LogP contribution in [0.5, 0.6) is 0 Å². The summed E-state index contributed by atoms with van der Waals surface area (Å²) in [5.41, 5.74) is 1.14. The van der Waals surface area contributed by atoms with Crippen LogP contribution in [-0.4, -0.2) is 40.5 Å². The lowest BCUT2D eigenvalue weighted by atomic mass is 9.83. The molecule has 4 rings (SSSR count). The number of hydrogen-bond donors (Lipinski definition) is 1. The quantitative estimate of drug-likeness (QED) is 0.379. The van der Waals surface area contributed by atoms with Crippen molar-refractivity contribution >= 4 is 14.0 Å². The van der Waals surface area contributed by atoms with E-state index in [-0.39, 0.29) is 5.92 Å². The standard InChI is InChI=1S/C24H35N3O3Si/c1-31(2,3)14-13-30-16-27-20(15-17-7-5-4-6-8-17)25-26-23(27)22(24(28)29)21(18-9-10-18)19-11-12-19/h4-8,18-19,21-22H,9-16H2,1-3H3,(H,28,29). The maximum Gasteiger partial charge on any atom is 0.314 e. The Kier molecular flexibility index (Phi) is 6.62. The van der Waals surface area contributed by atoms with Crippen molar-refractivity contribution < 1.29 is 14.6 Å². The van der Waals surface area contributed by atoms with Crippen molar-refractivity contribution in [2.24, 2.45) is 17.8 Å². The first kappa shape index (κ1) is 22.2. The fraction of sp³-hybridized carbons (Fsp3) is 0.625. The molecule has 31 heavy (non-hydrogen) atoms. The van der Waals surface area contributed by atoms with E-state index in [2.05, 4.69) is 42.0 Å². The number of ether oxygens (including phenoxy) is 1. The molecule has 0 amide bonds. The van der Waals surface area contributed by atoms with Gasteiger partial charge in [0.2, 0.25) is 0 Å². The SMILES string of the molecule is C[Si](C)(C)CCOCn1c(Cc2ccccc2)nnc1C(C(=O)O)C(C1CC1)C1CC1. The van der Waals surface area contributed by atoms with E-state index in [1.807, 2.05) is 22.8 Å².